The summed E-state index contributed by atoms with van der Waals surface area (Å²) in [4.78, 5) is 14.4. The molecule has 0 spiro atoms. The third-order valence-corrected chi connectivity index (χ3v) is 4.33. The van der Waals surface area contributed by atoms with Gasteiger partial charge in [-0.3, -0.25) is 4.79 Å². The van der Waals surface area contributed by atoms with Crippen LogP contribution in [-0.4, -0.2) is 63.1 Å². The summed E-state index contributed by atoms with van der Waals surface area (Å²) in [5.74, 6) is 0.00389. The van der Waals surface area contributed by atoms with Gasteiger partial charge in [0.05, 0.1) is 19.3 Å². The zero-order valence-corrected chi connectivity index (χ0v) is 12.6. The third kappa shape index (κ3) is 3.58. The van der Waals surface area contributed by atoms with Crippen molar-refractivity contribution >= 4 is 11.6 Å². The minimum Gasteiger partial charge on any atom is -0.391 e. The molecule has 3 rings (SSSR count). The molecule has 1 amide bonds. The van der Waals surface area contributed by atoms with Crippen molar-refractivity contribution in [3.05, 3.63) is 29.8 Å². The number of aliphatic hydroxyl groups excluding tert-OH is 1. The molecule has 6 nitrogen and oxygen atoms in total. The summed E-state index contributed by atoms with van der Waals surface area (Å²) in [6.07, 6.45) is -0.371. The first-order chi connectivity index (χ1) is 10.7. The molecule has 3 N–H and O–H groups in total. The van der Waals surface area contributed by atoms with Gasteiger partial charge in [0, 0.05) is 49.9 Å². The molecule has 6 heteroatoms. The molecule has 0 bridgehead atoms. The average Bonchev–Trinajstić information content (AvgIpc) is 2.99. The van der Waals surface area contributed by atoms with E-state index in [0.29, 0.717) is 18.7 Å². The lowest BCUT2D eigenvalue weighted by atomic mass is 10.1. The van der Waals surface area contributed by atoms with E-state index in [1.54, 1.807) is 0 Å². The largest absolute Gasteiger partial charge is 0.391 e. The van der Waals surface area contributed by atoms with Crippen molar-refractivity contribution < 1.29 is 14.6 Å². The Bertz CT molecular complexity index is 500. The number of carbonyl (C=O) groups is 1. The van der Waals surface area contributed by atoms with Gasteiger partial charge < -0.3 is 25.4 Å². The topological polar surface area (TPSA) is 73.8 Å². The molecular weight excluding hydrogens is 282 g/mol. The van der Waals surface area contributed by atoms with Gasteiger partial charge in [-0.2, -0.15) is 0 Å². The molecule has 0 aliphatic carbocycles. The maximum atomic E-state index is 12.1. The smallest absolute Gasteiger partial charge is 0.251 e. The van der Waals surface area contributed by atoms with Gasteiger partial charge in [-0.15, -0.1) is 0 Å². The van der Waals surface area contributed by atoms with Crippen LogP contribution in [0.25, 0.3) is 0 Å². The minimum atomic E-state index is -0.371. The molecule has 22 heavy (non-hydrogen) atoms. The van der Waals surface area contributed by atoms with Crippen LogP contribution in [-0.2, 0) is 4.74 Å². The SMILES string of the molecule is O=C(NCC1CNCC1O)c1ccc(N2CCOCC2)cc1. The van der Waals surface area contributed by atoms with Gasteiger partial charge in [-0.25, -0.2) is 0 Å². The molecule has 1 aromatic rings. The minimum absolute atomic E-state index is 0.0902. The van der Waals surface area contributed by atoms with Crippen LogP contribution >= 0.6 is 0 Å². The maximum Gasteiger partial charge on any atom is 0.251 e. The van der Waals surface area contributed by atoms with Gasteiger partial charge in [0.2, 0.25) is 0 Å². The van der Waals surface area contributed by atoms with Crippen molar-refractivity contribution in [2.45, 2.75) is 6.10 Å². The quantitative estimate of drug-likeness (QED) is 0.720. The molecule has 2 fully saturated rings. The van der Waals surface area contributed by atoms with Crippen molar-refractivity contribution in [3.8, 4) is 0 Å². The van der Waals surface area contributed by atoms with Gasteiger partial charge in [0.25, 0.3) is 5.91 Å². The average molecular weight is 305 g/mol. The Hall–Kier alpha value is -1.63. The van der Waals surface area contributed by atoms with Crippen LogP contribution in [0.2, 0.25) is 0 Å². The van der Waals surface area contributed by atoms with E-state index in [2.05, 4.69) is 15.5 Å². The van der Waals surface area contributed by atoms with Gasteiger partial charge in [0.1, 0.15) is 0 Å². The van der Waals surface area contributed by atoms with Gasteiger partial charge in [0.15, 0.2) is 0 Å². The number of hydrogen-bond acceptors (Lipinski definition) is 5. The number of rotatable bonds is 4. The van der Waals surface area contributed by atoms with Crippen LogP contribution in [0.1, 0.15) is 10.4 Å². The molecule has 1 aromatic carbocycles. The van der Waals surface area contributed by atoms with Crippen LogP contribution in [0.4, 0.5) is 5.69 Å². The fourth-order valence-electron chi connectivity index (χ4n) is 2.90. The summed E-state index contributed by atoms with van der Waals surface area (Å²) in [7, 11) is 0. The lowest BCUT2D eigenvalue weighted by Gasteiger charge is -2.28. The molecule has 2 unspecified atom stereocenters. The first-order valence-corrected chi connectivity index (χ1v) is 7.84. The van der Waals surface area contributed by atoms with Gasteiger partial charge in [-0.05, 0) is 24.3 Å². The monoisotopic (exact) mass is 305 g/mol. The zero-order valence-electron chi connectivity index (χ0n) is 12.6. The van der Waals surface area contributed by atoms with E-state index >= 15 is 0 Å². The van der Waals surface area contributed by atoms with Crippen LogP contribution in [0, 0.1) is 5.92 Å². The summed E-state index contributed by atoms with van der Waals surface area (Å²) in [6, 6.07) is 7.66. The Kier molecular flexibility index (Phi) is 4.92. The number of β-amino-alcohol motifs (C(OH)–C–C–N with tert-alkyl or cyclic N) is 1. The molecule has 120 valence electrons. The number of nitrogens with zero attached hydrogens (tertiary/aromatic N) is 1. The first-order valence-electron chi connectivity index (χ1n) is 7.84. The number of aliphatic hydroxyl groups is 1. The molecule has 0 saturated carbocycles. The van der Waals surface area contributed by atoms with Crippen molar-refractivity contribution in [3.63, 3.8) is 0 Å². The summed E-state index contributed by atoms with van der Waals surface area (Å²) < 4.78 is 5.34. The Morgan fingerprint density at radius 3 is 2.64 bits per heavy atom. The number of nitrogens with one attached hydrogen (secondary N) is 2. The van der Waals surface area contributed by atoms with Crippen molar-refractivity contribution in [2.24, 2.45) is 5.92 Å². The molecule has 2 atom stereocenters. The zero-order chi connectivity index (χ0) is 15.4. The molecular formula is C16H23N3O3. The van der Waals surface area contributed by atoms with Crippen molar-refractivity contribution in [1.29, 1.82) is 0 Å². The summed E-state index contributed by atoms with van der Waals surface area (Å²) in [6.45, 7) is 5.13. The van der Waals surface area contributed by atoms with E-state index in [0.717, 1.165) is 38.5 Å². The van der Waals surface area contributed by atoms with Crippen LogP contribution < -0.4 is 15.5 Å². The number of carbonyl (C=O) groups excluding carboxylic acids is 1. The fourth-order valence-corrected chi connectivity index (χ4v) is 2.90. The number of morpholine rings is 1. The molecule has 2 saturated heterocycles. The predicted molar refractivity (Wildman–Crippen MR) is 84.2 cm³/mol. The number of hydrogen-bond donors (Lipinski definition) is 3. The Morgan fingerprint density at radius 1 is 1.27 bits per heavy atom. The van der Waals surface area contributed by atoms with E-state index in [4.69, 9.17) is 4.74 Å². The Balaban J connectivity index is 1.54. The first kappa shape index (κ1) is 15.3. The summed E-state index contributed by atoms with van der Waals surface area (Å²) >= 11 is 0. The van der Waals surface area contributed by atoms with E-state index in [9.17, 15) is 9.90 Å². The second kappa shape index (κ2) is 7.09. The van der Waals surface area contributed by atoms with Crippen molar-refractivity contribution in [1.82, 2.24) is 10.6 Å². The normalized spacial score (nSPS) is 25.2. The number of anilines is 1. The second-order valence-corrected chi connectivity index (χ2v) is 5.84. The fraction of sp³-hybridized carbons (Fsp3) is 0.562. The van der Waals surface area contributed by atoms with E-state index in [-0.39, 0.29) is 17.9 Å². The number of ether oxygens (including phenoxy) is 1. The van der Waals surface area contributed by atoms with Gasteiger partial charge >= 0.3 is 0 Å². The van der Waals surface area contributed by atoms with E-state index < -0.39 is 0 Å². The Labute approximate surface area is 130 Å². The highest BCUT2D eigenvalue weighted by atomic mass is 16.5. The Morgan fingerprint density at radius 2 is 2.00 bits per heavy atom. The summed E-state index contributed by atoms with van der Waals surface area (Å²) in [5.41, 5.74) is 1.77. The lowest BCUT2D eigenvalue weighted by Crippen LogP contribution is -2.36. The van der Waals surface area contributed by atoms with E-state index in [1.807, 2.05) is 24.3 Å². The highest BCUT2D eigenvalue weighted by Crippen LogP contribution is 2.16. The predicted octanol–water partition coefficient (Wildman–Crippen LogP) is -0.167. The van der Waals surface area contributed by atoms with Crippen LogP contribution in [0.5, 0.6) is 0 Å². The lowest BCUT2D eigenvalue weighted by molar-refractivity contribution is 0.0927. The van der Waals surface area contributed by atoms with Crippen molar-refractivity contribution in [2.75, 3.05) is 50.8 Å². The van der Waals surface area contributed by atoms with Crippen LogP contribution in [0.3, 0.4) is 0 Å². The van der Waals surface area contributed by atoms with Gasteiger partial charge in [-0.1, -0.05) is 0 Å². The maximum absolute atomic E-state index is 12.1. The molecule has 2 aliphatic rings. The molecule has 0 radical (unpaired) electrons. The molecule has 2 heterocycles. The third-order valence-electron chi connectivity index (χ3n) is 4.33. The number of benzene rings is 1. The number of amides is 1. The highest BCUT2D eigenvalue weighted by Gasteiger charge is 2.25. The van der Waals surface area contributed by atoms with Crippen LogP contribution in [0.15, 0.2) is 24.3 Å². The molecule has 0 aromatic heterocycles. The van der Waals surface area contributed by atoms with E-state index in [1.165, 1.54) is 0 Å². The second-order valence-electron chi connectivity index (χ2n) is 5.84. The standard InChI is InChI=1S/C16H23N3O3/c20-15-11-17-9-13(15)10-18-16(21)12-1-3-14(4-2-12)19-5-7-22-8-6-19/h1-4,13,15,17,20H,5-11H2,(H,18,21). The highest BCUT2D eigenvalue weighted by molar-refractivity contribution is 5.94. The summed E-state index contributed by atoms with van der Waals surface area (Å²) in [5, 5.41) is 15.7. The molecule has 2 aliphatic heterocycles.